The van der Waals surface area contributed by atoms with Crippen molar-refractivity contribution in [2.45, 2.75) is 17.9 Å². The van der Waals surface area contributed by atoms with Crippen LogP contribution >= 0.6 is 0 Å². The summed E-state index contributed by atoms with van der Waals surface area (Å²) < 4.78 is 49.2. The third-order valence-electron chi connectivity index (χ3n) is 3.56. The van der Waals surface area contributed by atoms with E-state index in [9.17, 15) is 16.8 Å². The van der Waals surface area contributed by atoms with E-state index in [1.807, 2.05) is 4.90 Å². The van der Waals surface area contributed by atoms with Crippen molar-refractivity contribution >= 4 is 31.2 Å². The van der Waals surface area contributed by atoms with Gasteiger partial charge in [-0.15, -0.1) is 0 Å². The van der Waals surface area contributed by atoms with Gasteiger partial charge in [-0.2, -0.15) is 0 Å². The molecule has 1 atom stereocenters. The molecule has 0 radical (unpaired) electrons. The van der Waals surface area contributed by atoms with Crippen molar-refractivity contribution in [3.8, 4) is 0 Å². The van der Waals surface area contributed by atoms with Crippen LogP contribution in [0.15, 0.2) is 23.1 Å². The Hall–Kier alpha value is -1.32. The lowest BCUT2D eigenvalue weighted by Crippen LogP contribution is -2.47. The van der Waals surface area contributed by atoms with Gasteiger partial charge >= 0.3 is 0 Å². The van der Waals surface area contributed by atoms with E-state index in [4.69, 9.17) is 5.73 Å². The molecule has 3 N–H and O–H groups in total. The topological polar surface area (TPSA) is 110 Å². The summed E-state index contributed by atoms with van der Waals surface area (Å²) >= 11 is 0. The molecule has 1 aromatic carbocycles. The van der Waals surface area contributed by atoms with Gasteiger partial charge in [0.25, 0.3) is 0 Å². The van der Waals surface area contributed by atoms with Gasteiger partial charge in [0.2, 0.25) is 10.0 Å². The Balaban J connectivity index is 2.43. The molecule has 9 heteroatoms. The third kappa shape index (κ3) is 3.30. The first kappa shape index (κ1) is 16.1. The van der Waals surface area contributed by atoms with Crippen LogP contribution in [0.5, 0.6) is 0 Å². The molecule has 1 saturated heterocycles. The molecule has 0 bridgehead atoms. The second kappa shape index (κ2) is 5.47. The highest BCUT2D eigenvalue weighted by molar-refractivity contribution is 7.91. The lowest BCUT2D eigenvalue weighted by Gasteiger charge is -2.36. The molecule has 1 aliphatic heterocycles. The van der Waals surface area contributed by atoms with E-state index < -0.39 is 19.9 Å². The largest absolute Gasteiger partial charge is 0.397 e. The first-order valence-electron chi connectivity index (χ1n) is 6.46. The average molecular weight is 333 g/mol. The number of benzene rings is 1. The summed E-state index contributed by atoms with van der Waals surface area (Å²) in [5, 5.41) is 0. The first-order chi connectivity index (χ1) is 9.66. The van der Waals surface area contributed by atoms with Crippen molar-refractivity contribution in [3.05, 3.63) is 18.2 Å². The molecule has 21 heavy (non-hydrogen) atoms. The van der Waals surface area contributed by atoms with E-state index in [1.54, 1.807) is 6.92 Å². The molecule has 0 aromatic heterocycles. The number of nitrogen functional groups attached to an aromatic ring is 1. The number of sulfone groups is 1. The van der Waals surface area contributed by atoms with Gasteiger partial charge in [-0.1, -0.05) is 0 Å². The number of anilines is 2. The molecular formula is C12H19N3O4S2. The van der Waals surface area contributed by atoms with E-state index in [1.165, 1.54) is 25.2 Å². The fourth-order valence-corrected chi connectivity index (χ4v) is 4.72. The van der Waals surface area contributed by atoms with E-state index >= 15 is 0 Å². The lowest BCUT2D eigenvalue weighted by molar-refractivity contribution is 0.567. The maximum Gasteiger partial charge on any atom is 0.240 e. The summed E-state index contributed by atoms with van der Waals surface area (Å²) in [5.74, 6) is 0.0786. The highest BCUT2D eigenvalue weighted by Crippen LogP contribution is 2.30. The number of rotatable bonds is 3. The van der Waals surface area contributed by atoms with Crippen molar-refractivity contribution in [1.29, 1.82) is 0 Å². The molecule has 0 saturated carbocycles. The maximum atomic E-state index is 11.9. The number of hydrogen-bond donors (Lipinski definition) is 2. The van der Waals surface area contributed by atoms with Crippen LogP contribution in [0.2, 0.25) is 0 Å². The van der Waals surface area contributed by atoms with Crippen LogP contribution < -0.4 is 15.4 Å². The highest BCUT2D eigenvalue weighted by atomic mass is 32.2. The summed E-state index contributed by atoms with van der Waals surface area (Å²) in [6.07, 6.45) is 0. The predicted octanol–water partition coefficient (Wildman–Crippen LogP) is -0.200. The number of nitrogens with one attached hydrogen (secondary N) is 1. The van der Waals surface area contributed by atoms with Crippen LogP contribution in [0.25, 0.3) is 0 Å². The molecule has 0 spiro atoms. The smallest absolute Gasteiger partial charge is 0.240 e. The number of nitrogens with zero attached hydrogens (tertiary/aromatic N) is 1. The van der Waals surface area contributed by atoms with Gasteiger partial charge in [0.15, 0.2) is 9.84 Å². The third-order valence-corrected chi connectivity index (χ3v) is 6.77. The van der Waals surface area contributed by atoms with Crippen molar-refractivity contribution in [3.63, 3.8) is 0 Å². The van der Waals surface area contributed by atoms with E-state index in [0.717, 1.165) is 0 Å². The first-order valence-corrected chi connectivity index (χ1v) is 9.77. The second-order valence-electron chi connectivity index (χ2n) is 5.08. The molecule has 0 aliphatic carbocycles. The van der Waals surface area contributed by atoms with Crippen molar-refractivity contribution < 1.29 is 16.8 Å². The Morgan fingerprint density at radius 2 is 2.05 bits per heavy atom. The Bertz CT molecular complexity index is 744. The fourth-order valence-electron chi connectivity index (χ4n) is 2.41. The zero-order valence-electron chi connectivity index (χ0n) is 11.9. The lowest BCUT2D eigenvalue weighted by atomic mass is 10.2. The Morgan fingerprint density at radius 3 is 2.62 bits per heavy atom. The van der Waals surface area contributed by atoms with Crippen LogP contribution in [-0.4, -0.2) is 48.0 Å². The number of hydrogen-bond acceptors (Lipinski definition) is 6. The van der Waals surface area contributed by atoms with Gasteiger partial charge in [0, 0.05) is 12.6 Å². The molecule has 1 unspecified atom stereocenters. The molecule has 2 rings (SSSR count). The molecular weight excluding hydrogens is 314 g/mol. The molecule has 1 aromatic rings. The summed E-state index contributed by atoms with van der Waals surface area (Å²) in [4.78, 5) is 1.94. The molecule has 7 nitrogen and oxygen atoms in total. The van der Waals surface area contributed by atoms with Crippen LogP contribution in [0.3, 0.4) is 0 Å². The maximum absolute atomic E-state index is 11.9. The van der Waals surface area contributed by atoms with Crippen LogP contribution in [0, 0.1) is 0 Å². The SMILES string of the molecule is CNS(=O)(=O)c1ccc(N)c(N2CCS(=O)(=O)CC2C)c1. The second-order valence-corrected chi connectivity index (χ2v) is 9.20. The minimum atomic E-state index is -3.57. The van der Waals surface area contributed by atoms with Gasteiger partial charge in [-0.25, -0.2) is 21.6 Å². The monoisotopic (exact) mass is 333 g/mol. The van der Waals surface area contributed by atoms with Crippen LogP contribution in [-0.2, 0) is 19.9 Å². The van der Waals surface area contributed by atoms with Gasteiger partial charge in [-0.3, -0.25) is 0 Å². The summed E-state index contributed by atoms with van der Waals surface area (Å²) in [6.45, 7) is 2.09. The van der Waals surface area contributed by atoms with Gasteiger partial charge in [-0.05, 0) is 32.2 Å². The van der Waals surface area contributed by atoms with E-state index in [2.05, 4.69) is 4.72 Å². The zero-order chi connectivity index (χ0) is 15.8. The normalized spacial score (nSPS) is 22.2. The molecule has 1 aliphatic rings. The predicted molar refractivity (Wildman–Crippen MR) is 82.6 cm³/mol. The fraction of sp³-hybridized carbons (Fsp3) is 0.500. The molecule has 1 heterocycles. The highest BCUT2D eigenvalue weighted by Gasteiger charge is 2.29. The van der Waals surface area contributed by atoms with Crippen molar-refractivity contribution in [2.24, 2.45) is 0 Å². The molecule has 118 valence electrons. The molecule has 0 amide bonds. The van der Waals surface area contributed by atoms with Gasteiger partial charge in [0.1, 0.15) is 0 Å². The quantitative estimate of drug-likeness (QED) is 0.741. The summed E-state index contributed by atoms with van der Waals surface area (Å²) in [6, 6.07) is 4.18. The summed E-state index contributed by atoms with van der Waals surface area (Å²) in [7, 11) is -5.27. The standard InChI is InChI=1S/C12H19N3O4S2/c1-9-8-20(16,17)6-5-15(9)12-7-10(3-4-11(12)13)21(18,19)14-2/h3-4,7,9,14H,5-6,8,13H2,1-2H3. The van der Waals surface area contributed by atoms with Gasteiger partial charge in [0.05, 0.1) is 27.8 Å². The number of nitrogens with two attached hydrogens (primary N) is 1. The van der Waals surface area contributed by atoms with Crippen molar-refractivity contribution in [2.75, 3.05) is 35.7 Å². The average Bonchev–Trinajstić information content (AvgIpc) is 2.39. The minimum Gasteiger partial charge on any atom is -0.397 e. The van der Waals surface area contributed by atoms with E-state index in [-0.39, 0.29) is 22.4 Å². The Labute approximate surface area is 125 Å². The van der Waals surface area contributed by atoms with E-state index in [0.29, 0.717) is 17.9 Å². The summed E-state index contributed by atoms with van der Waals surface area (Å²) in [5.41, 5.74) is 6.91. The Morgan fingerprint density at radius 1 is 1.38 bits per heavy atom. The minimum absolute atomic E-state index is 0.0371. The van der Waals surface area contributed by atoms with Gasteiger partial charge < -0.3 is 10.6 Å². The molecule has 1 fully saturated rings. The number of sulfonamides is 1. The van der Waals surface area contributed by atoms with Crippen LogP contribution in [0.1, 0.15) is 6.92 Å². The van der Waals surface area contributed by atoms with Crippen molar-refractivity contribution in [1.82, 2.24) is 4.72 Å². The van der Waals surface area contributed by atoms with Crippen LogP contribution in [0.4, 0.5) is 11.4 Å². The Kier molecular flexibility index (Phi) is 4.18. The zero-order valence-corrected chi connectivity index (χ0v) is 13.5.